The van der Waals surface area contributed by atoms with Crippen molar-refractivity contribution in [3.05, 3.63) is 114 Å². The molecular formula is C25H24N4O3S. The van der Waals surface area contributed by atoms with Crippen LogP contribution < -0.4 is 9.62 Å². The first-order chi connectivity index (χ1) is 15.9. The normalized spacial score (nSPS) is 11.2. The van der Waals surface area contributed by atoms with Crippen molar-refractivity contribution in [2.24, 2.45) is 0 Å². The number of amides is 1. The third kappa shape index (κ3) is 5.67. The molecule has 1 amide bonds. The maximum absolute atomic E-state index is 12.6. The van der Waals surface area contributed by atoms with E-state index >= 15 is 0 Å². The van der Waals surface area contributed by atoms with E-state index in [2.05, 4.69) is 10.3 Å². The Balaban J connectivity index is 1.38. The fraction of sp³-hybridized carbons (Fsp3) is 0.120. The van der Waals surface area contributed by atoms with Gasteiger partial charge in [0.15, 0.2) is 0 Å². The standard InChI is InChI=1S/C25H24N4O3S/c1-33(31,32)29(24-5-3-2-4-6-24)18-21-7-11-22(12-8-21)25(30)27-17-20-9-13-23(14-10-20)28-16-15-26-19-28/h2-16,19H,17-18H2,1H3,(H,27,30). The van der Waals surface area contributed by atoms with Crippen molar-refractivity contribution < 1.29 is 13.2 Å². The molecular weight excluding hydrogens is 436 g/mol. The summed E-state index contributed by atoms with van der Waals surface area (Å²) in [5.74, 6) is -0.191. The maximum Gasteiger partial charge on any atom is 0.251 e. The quantitative estimate of drug-likeness (QED) is 0.434. The van der Waals surface area contributed by atoms with E-state index in [0.29, 0.717) is 17.8 Å². The molecule has 0 aliphatic heterocycles. The van der Waals surface area contributed by atoms with Gasteiger partial charge in [-0.15, -0.1) is 0 Å². The largest absolute Gasteiger partial charge is 0.348 e. The van der Waals surface area contributed by atoms with Gasteiger partial charge in [0.1, 0.15) is 0 Å². The van der Waals surface area contributed by atoms with Crippen LogP contribution in [0.15, 0.2) is 97.6 Å². The van der Waals surface area contributed by atoms with E-state index in [1.165, 1.54) is 10.6 Å². The number of nitrogens with zero attached hydrogens (tertiary/aromatic N) is 3. The molecule has 0 unspecified atom stereocenters. The fourth-order valence-corrected chi connectivity index (χ4v) is 4.29. The van der Waals surface area contributed by atoms with Gasteiger partial charge in [0.2, 0.25) is 10.0 Å². The summed E-state index contributed by atoms with van der Waals surface area (Å²) < 4.78 is 27.8. The topological polar surface area (TPSA) is 84.3 Å². The maximum atomic E-state index is 12.6. The summed E-state index contributed by atoms with van der Waals surface area (Å²) in [7, 11) is -3.45. The molecule has 0 saturated heterocycles. The third-order valence-corrected chi connectivity index (χ3v) is 6.32. The van der Waals surface area contributed by atoms with E-state index in [9.17, 15) is 13.2 Å². The van der Waals surface area contributed by atoms with Gasteiger partial charge in [-0.25, -0.2) is 13.4 Å². The van der Waals surface area contributed by atoms with Gasteiger partial charge in [-0.3, -0.25) is 9.10 Å². The van der Waals surface area contributed by atoms with Crippen LogP contribution >= 0.6 is 0 Å². The molecule has 1 heterocycles. The van der Waals surface area contributed by atoms with Crippen molar-refractivity contribution in [2.75, 3.05) is 10.6 Å². The molecule has 4 aromatic rings. The Morgan fingerprint density at radius 3 is 2.21 bits per heavy atom. The number of nitrogens with one attached hydrogen (secondary N) is 1. The lowest BCUT2D eigenvalue weighted by Gasteiger charge is -2.22. The van der Waals surface area contributed by atoms with Crippen molar-refractivity contribution >= 4 is 21.6 Å². The minimum Gasteiger partial charge on any atom is -0.348 e. The average molecular weight is 461 g/mol. The Labute approximate surface area is 193 Å². The van der Waals surface area contributed by atoms with Crippen molar-refractivity contribution in [2.45, 2.75) is 13.1 Å². The van der Waals surface area contributed by atoms with Gasteiger partial charge in [-0.2, -0.15) is 0 Å². The Morgan fingerprint density at radius 1 is 0.939 bits per heavy atom. The summed E-state index contributed by atoms with van der Waals surface area (Å²) in [4.78, 5) is 16.6. The first-order valence-electron chi connectivity index (χ1n) is 10.4. The zero-order chi connectivity index (χ0) is 23.3. The van der Waals surface area contributed by atoms with Gasteiger partial charge in [0, 0.05) is 30.2 Å². The number of hydrogen-bond acceptors (Lipinski definition) is 4. The smallest absolute Gasteiger partial charge is 0.251 e. The fourth-order valence-electron chi connectivity index (χ4n) is 3.40. The minimum absolute atomic E-state index is 0.189. The SMILES string of the molecule is CS(=O)(=O)N(Cc1ccc(C(=O)NCc2ccc(-n3ccnc3)cc2)cc1)c1ccccc1. The highest BCUT2D eigenvalue weighted by Crippen LogP contribution is 2.20. The number of hydrogen-bond donors (Lipinski definition) is 1. The van der Waals surface area contributed by atoms with Crippen molar-refractivity contribution in [1.82, 2.24) is 14.9 Å². The average Bonchev–Trinajstić information content (AvgIpc) is 3.37. The van der Waals surface area contributed by atoms with Gasteiger partial charge in [0.25, 0.3) is 5.91 Å². The van der Waals surface area contributed by atoms with E-state index in [-0.39, 0.29) is 12.5 Å². The molecule has 1 N–H and O–H groups in total. The molecule has 33 heavy (non-hydrogen) atoms. The number of para-hydroxylation sites is 1. The Morgan fingerprint density at radius 2 is 1.61 bits per heavy atom. The number of carbonyl (C=O) groups is 1. The molecule has 0 aliphatic rings. The lowest BCUT2D eigenvalue weighted by Crippen LogP contribution is -2.29. The number of aromatic nitrogens is 2. The van der Waals surface area contributed by atoms with Crippen molar-refractivity contribution in [3.63, 3.8) is 0 Å². The lowest BCUT2D eigenvalue weighted by atomic mass is 10.1. The molecule has 7 nitrogen and oxygen atoms in total. The summed E-state index contributed by atoms with van der Waals surface area (Å²) >= 11 is 0. The summed E-state index contributed by atoms with van der Waals surface area (Å²) in [5, 5.41) is 2.92. The molecule has 0 fully saturated rings. The van der Waals surface area contributed by atoms with Crippen LogP contribution in [0.4, 0.5) is 5.69 Å². The molecule has 168 valence electrons. The van der Waals surface area contributed by atoms with Crippen LogP contribution in [0.25, 0.3) is 5.69 Å². The van der Waals surface area contributed by atoms with Crippen LogP contribution in [0.3, 0.4) is 0 Å². The van der Waals surface area contributed by atoms with Crippen LogP contribution in [0.5, 0.6) is 0 Å². The zero-order valence-corrected chi connectivity index (χ0v) is 18.9. The van der Waals surface area contributed by atoms with E-state index in [1.807, 2.05) is 41.1 Å². The summed E-state index contributed by atoms with van der Waals surface area (Å²) in [6, 6.07) is 23.8. The molecule has 0 spiro atoms. The number of benzene rings is 3. The van der Waals surface area contributed by atoms with Crippen LogP contribution in [-0.4, -0.2) is 30.1 Å². The molecule has 8 heteroatoms. The van der Waals surface area contributed by atoms with Gasteiger partial charge < -0.3 is 9.88 Å². The second kappa shape index (κ2) is 9.70. The number of anilines is 1. The monoisotopic (exact) mass is 460 g/mol. The predicted octanol–water partition coefficient (Wildman–Crippen LogP) is 3.77. The van der Waals surface area contributed by atoms with Crippen LogP contribution in [0.2, 0.25) is 0 Å². The van der Waals surface area contributed by atoms with Gasteiger partial charge in [-0.05, 0) is 47.5 Å². The molecule has 4 rings (SSSR count). The van der Waals surface area contributed by atoms with E-state index in [0.717, 1.165) is 16.8 Å². The molecule has 0 saturated carbocycles. The van der Waals surface area contributed by atoms with E-state index < -0.39 is 10.0 Å². The van der Waals surface area contributed by atoms with Crippen LogP contribution in [0, 0.1) is 0 Å². The Kier molecular flexibility index (Phi) is 6.55. The van der Waals surface area contributed by atoms with Crippen LogP contribution in [-0.2, 0) is 23.1 Å². The molecule has 0 atom stereocenters. The second-order valence-corrected chi connectivity index (χ2v) is 9.53. The second-order valence-electron chi connectivity index (χ2n) is 7.62. The minimum atomic E-state index is -3.45. The molecule has 1 aromatic heterocycles. The Hall–Kier alpha value is -3.91. The van der Waals surface area contributed by atoms with E-state index in [1.54, 1.807) is 61.1 Å². The van der Waals surface area contributed by atoms with E-state index in [4.69, 9.17) is 0 Å². The first-order valence-corrected chi connectivity index (χ1v) is 12.2. The van der Waals surface area contributed by atoms with Gasteiger partial charge >= 0.3 is 0 Å². The lowest BCUT2D eigenvalue weighted by molar-refractivity contribution is 0.0951. The van der Waals surface area contributed by atoms with Crippen molar-refractivity contribution in [1.29, 1.82) is 0 Å². The van der Waals surface area contributed by atoms with Gasteiger partial charge in [0.05, 0.1) is 24.8 Å². The van der Waals surface area contributed by atoms with Crippen LogP contribution in [0.1, 0.15) is 21.5 Å². The highest BCUT2D eigenvalue weighted by Gasteiger charge is 2.17. The number of rotatable bonds is 8. The predicted molar refractivity (Wildman–Crippen MR) is 129 cm³/mol. The summed E-state index contributed by atoms with van der Waals surface area (Å²) in [5.41, 5.74) is 3.88. The highest BCUT2D eigenvalue weighted by molar-refractivity contribution is 7.92. The molecule has 0 aliphatic carbocycles. The first kappa shape index (κ1) is 22.3. The molecule has 0 bridgehead atoms. The zero-order valence-electron chi connectivity index (χ0n) is 18.1. The molecule has 3 aromatic carbocycles. The number of imidazole rings is 1. The number of sulfonamides is 1. The van der Waals surface area contributed by atoms with Gasteiger partial charge in [-0.1, -0.05) is 42.5 Å². The third-order valence-electron chi connectivity index (χ3n) is 5.18. The number of carbonyl (C=O) groups excluding carboxylic acids is 1. The molecule has 0 radical (unpaired) electrons. The van der Waals surface area contributed by atoms with Crippen molar-refractivity contribution in [3.8, 4) is 5.69 Å². The Bertz CT molecular complexity index is 1300. The summed E-state index contributed by atoms with van der Waals surface area (Å²) in [6.07, 6.45) is 6.51. The summed E-state index contributed by atoms with van der Waals surface area (Å²) in [6.45, 7) is 0.592. The highest BCUT2D eigenvalue weighted by atomic mass is 32.2.